The number of carbonyl (C=O) groups excluding carboxylic acids is 2. The van der Waals surface area contributed by atoms with E-state index in [0.29, 0.717) is 13.0 Å². The lowest BCUT2D eigenvalue weighted by atomic mass is 10.0. The molecule has 1 aromatic rings. The molecule has 1 aromatic heterocycles. The van der Waals surface area contributed by atoms with Crippen LogP contribution in [0.2, 0.25) is 5.22 Å². The van der Waals surface area contributed by atoms with E-state index in [0.717, 1.165) is 12.8 Å². The average Bonchev–Trinajstić information content (AvgIpc) is 2.83. The second-order valence-electron chi connectivity index (χ2n) is 4.14. The molecule has 6 heteroatoms. The molecule has 0 bridgehead atoms. The summed E-state index contributed by atoms with van der Waals surface area (Å²) in [5.41, 5.74) is 0. The highest BCUT2D eigenvalue weighted by atomic mass is 35.5. The first-order valence-electron chi connectivity index (χ1n) is 5.77. The average molecular weight is 272 g/mol. The molecule has 0 radical (unpaired) electrons. The monoisotopic (exact) mass is 271 g/mol. The van der Waals surface area contributed by atoms with Gasteiger partial charge in [0.1, 0.15) is 6.04 Å². The fourth-order valence-electron chi connectivity index (χ4n) is 2.13. The molecule has 1 fully saturated rings. The summed E-state index contributed by atoms with van der Waals surface area (Å²) in [6, 6.07) is 2.49. The van der Waals surface area contributed by atoms with Gasteiger partial charge in [0.2, 0.25) is 0 Å². The van der Waals surface area contributed by atoms with E-state index in [1.807, 2.05) is 0 Å². The number of carbonyl (C=O) groups is 2. The normalized spacial score (nSPS) is 19.7. The highest BCUT2D eigenvalue weighted by molar-refractivity contribution is 6.29. The molecule has 0 aromatic carbocycles. The number of piperidine rings is 1. The maximum absolute atomic E-state index is 12.2. The first kappa shape index (κ1) is 13.0. The van der Waals surface area contributed by atoms with Crippen LogP contribution in [0, 0.1) is 0 Å². The molecule has 1 amide bonds. The molecule has 98 valence electrons. The Morgan fingerprint density at radius 2 is 2.22 bits per heavy atom. The molecule has 1 unspecified atom stereocenters. The lowest BCUT2D eigenvalue weighted by Gasteiger charge is -2.33. The summed E-state index contributed by atoms with van der Waals surface area (Å²) < 4.78 is 9.80. The summed E-state index contributed by atoms with van der Waals surface area (Å²) >= 11 is 5.64. The first-order chi connectivity index (χ1) is 8.63. The predicted molar refractivity (Wildman–Crippen MR) is 64.4 cm³/mol. The van der Waals surface area contributed by atoms with Crippen molar-refractivity contribution in [2.75, 3.05) is 13.7 Å². The van der Waals surface area contributed by atoms with Crippen LogP contribution in [0.1, 0.15) is 29.8 Å². The van der Waals surface area contributed by atoms with Crippen molar-refractivity contribution in [1.82, 2.24) is 4.90 Å². The van der Waals surface area contributed by atoms with Crippen LogP contribution in [0.4, 0.5) is 0 Å². The molecule has 5 nitrogen and oxygen atoms in total. The van der Waals surface area contributed by atoms with E-state index in [1.165, 1.54) is 24.1 Å². The van der Waals surface area contributed by atoms with E-state index in [-0.39, 0.29) is 22.9 Å². The van der Waals surface area contributed by atoms with E-state index < -0.39 is 6.04 Å². The van der Waals surface area contributed by atoms with E-state index in [2.05, 4.69) is 0 Å². The van der Waals surface area contributed by atoms with Crippen LogP contribution >= 0.6 is 11.6 Å². The van der Waals surface area contributed by atoms with E-state index in [4.69, 9.17) is 20.8 Å². The second-order valence-corrected chi connectivity index (χ2v) is 4.51. The molecule has 1 aliphatic heterocycles. The summed E-state index contributed by atoms with van der Waals surface area (Å²) in [6.07, 6.45) is 2.39. The molecule has 0 spiro atoms. The molecule has 0 saturated carbocycles. The van der Waals surface area contributed by atoms with Crippen LogP contribution in [-0.4, -0.2) is 36.5 Å². The van der Waals surface area contributed by atoms with Gasteiger partial charge in [0, 0.05) is 6.54 Å². The molecule has 1 aliphatic rings. The Labute approximate surface area is 110 Å². The number of nitrogens with zero attached hydrogens (tertiary/aromatic N) is 1. The van der Waals surface area contributed by atoms with Gasteiger partial charge in [-0.1, -0.05) is 0 Å². The SMILES string of the molecule is COC(=O)C1CCCCN1C(=O)c1ccc(Cl)o1. The molecule has 18 heavy (non-hydrogen) atoms. The maximum atomic E-state index is 12.2. The Kier molecular flexibility index (Phi) is 3.91. The number of ether oxygens (including phenoxy) is 1. The third-order valence-electron chi connectivity index (χ3n) is 3.02. The fraction of sp³-hybridized carbons (Fsp3) is 0.500. The number of rotatable bonds is 2. The van der Waals surface area contributed by atoms with Crippen LogP contribution in [0.3, 0.4) is 0 Å². The van der Waals surface area contributed by atoms with Crippen molar-refractivity contribution in [2.45, 2.75) is 25.3 Å². The van der Waals surface area contributed by atoms with Crippen LogP contribution in [0.25, 0.3) is 0 Å². The number of esters is 1. The van der Waals surface area contributed by atoms with Gasteiger partial charge in [-0.05, 0) is 43.0 Å². The van der Waals surface area contributed by atoms with Gasteiger partial charge in [-0.15, -0.1) is 0 Å². The zero-order valence-electron chi connectivity index (χ0n) is 10.0. The Morgan fingerprint density at radius 3 is 2.83 bits per heavy atom. The van der Waals surface area contributed by atoms with Gasteiger partial charge in [-0.2, -0.15) is 0 Å². The molecule has 0 N–H and O–H groups in total. The predicted octanol–water partition coefficient (Wildman–Crippen LogP) is 2.10. The smallest absolute Gasteiger partial charge is 0.328 e. The van der Waals surface area contributed by atoms with Crippen molar-refractivity contribution in [3.63, 3.8) is 0 Å². The minimum absolute atomic E-state index is 0.149. The third-order valence-corrected chi connectivity index (χ3v) is 3.22. The summed E-state index contributed by atoms with van der Waals surface area (Å²) in [7, 11) is 1.32. The molecule has 1 atom stereocenters. The van der Waals surface area contributed by atoms with Crippen molar-refractivity contribution in [3.05, 3.63) is 23.1 Å². The third kappa shape index (κ3) is 2.51. The summed E-state index contributed by atoms with van der Waals surface area (Å²) in [6.45, 7) is 0.525. The lowest BCUT2D eigenvalue weighted by molar-refractivity contribution is -0.147. The van der Waals surface area contributed by atoms with E-state index in [1.54, 1.807) is 0 Å². The first-order valence-corrected chi connectivity index (χ1v) is 6.15. The molecule has 1 saturated heterocycles. The van der Waals surface area contributed by atoms with Gasteiger partial charge in [0.15, 0.2) is 11.0 Å². The Bertz CT molecular complexity index is 457. The van der Waals surface area contributed by atoms with Crippen LogP contribution in [0.5, 0.6) is 0 Å². The minimum Gasteiger partial charge on any atom is -0.467 e. The zero-order chi connectivity index (χ0) is 13.1. The van der Waals surface area contributed by atoms with Crippen molar-refractivity contribution in [3.8, 4) is 0 Å². The number of halogens is 1. The number of hydrogen-bond acceptors (Lipinski definition) is 4. The van der Waals surface area contributed by atoms with Crippen molar-refractivity contribution < 1.29 is 18.7 Å². The number of methoxy groups -OCH3 is 1. The van der Waals surface area contributed by atoms with Gasteiger partial charge in [-0.3, -0.25) is 4.79 Å². The molecule has 2 heterocycles. The van der Waals surface area contributed by atoms with Crippen LogP contribution in [0.15, 0.2) is 16.5 Å². The van der Waals surface area contributed by atoms with Gasteiger partial charge in [0.05, 0.1) is 7.11 Å². The molecular weight excluding hydrogens is 258 g/mol. The standard InChI is InChI=1S/C12H14ClNO4/c1-17-12(16)8-4-2-3-7-14(8)11(15)9-5-6-10(13)18-9/h5-6,8H,2-4,7H2,1H3. The van der Waals surface area contributed by atoms with E-state index >= 15 is 0 Å². The minimum atomic E-state index is -0.528. The Balaban J connectivity index is 2.18. The lowest BCUT2D eigenvalue weighted by Crippen LogP contribution is -2.48. The summed E-state index contributed by atoms with van der Waals surface area (Å²) in [4.78, 5) is 25.3. The highest BCUT2D eigenvalue weighted by Crippen LogP contribution is 2.22. The van der Waals surface area contributed by atoms with Crippen LogP contribution in [-0.2, 0) is 9.53 Å². The summed E-state index contributed by atoms with van der Waals surface area (Å²) in [5, 5.41) is 0.157. The van der Waals surface area contributed by atoms with Crippen molar-refractivity contribution >= 4 is 23.5 Å². The van der Waals surface area contributed by atoms with Crippen LogP contribution < -0.4 is 0 Å². The van der Waals surface area contributed by atoms with Gasteiger partial charge in [0.25, 0.3) is 5.91 Å². The quantitative estimate of drug-likeness (QED) is 0.773. The Morgan fingerprint density at radius 1 is 1.44 bits per heavy atom. The molecule has 2 rings (SSSR count). The van der Waals surface area contributed by atoms with Crippen molar-refractivity contribution in [1.29, 1.82) is 0 Å². The van der Waals surface area contributed by atoms with Crippen molar-refractivity contribution in [2.24, 2.45) is 0 Å². The van der Waals surface area contributed by atoms with Gasteiger partial charge >= 0.3 is 5.97 Å². The Hall–Kier alpha value is -1.49. The van der Waals surface area contributed by atoms with Gasteiger partial charge in [-0.25, -0.2) is 4.79 Å². The summed E-state index contributed by atoms with van der Waals surface area (Å²) in [5.74, 6) is -0.562. The fourth-order valence-corrected chi connectivity index (χ4v) is 2.27. The number of hydrogen-bond donors (Lipinski definition) is 0. The number of furan rings is 1. The zero-order valence-corrected chi connectivity index (χ0v) is 10.8. The highest BCUT2D eigenvalue weighted by Gasteiger charge is 2.34. The molecule has 0 aliphatic carbocycles. The second kappa shape index (κ2) is 5.44. The largest absolute Gasteiger partial charge is 0.467 e. The number of likely N-dealkylation sites (tertiary alicyclic amines) is 1. The van der Waals surface area contributed by atoms with E-state index in [9.17, 15) is 9.59 Å². The topological polar surface area (TPSA) is 59.8 Å². The molecular formula is C12H14ClNO4. The number of amides is 1. The maximum Gasteiger partial charge on any atom is 0.328 e. The van der Waals surface area contributed by atoms with Gasteiger partial charge < -0.3 is 14.1 Å².